The second-order valence-corrected chi connectivity index (χ2v) is 7.45. The topological polar surface area (TPSA) is 0 Å². The fraction of sp³-hybridized carbons (Fsp3) is 0.900. The fourth-order valence-corrected chi connectivity index (χ4v) is 4.49. The zero-order chi connectivity index (χ0) is 14.2. The summed E-state index contributed by atoms with van der Waals surface area (Å²) in [6, 6.07) is 0. The molecule has 1 fully saturated rings. The lowest BCUT2D eigenvalue weighted by molar-refractivity contribution is 0.203. The van der Waals surface area contributed by atoms with Gasteiger partial charge in [0.25, 0.3) is 0 Å². The first kappa shape index (κ1) is 16.1. The largest absolute Gasteiger partial charge is 0.0851 e. The summed E-state index contributed by atoms with van der Waals surface area (Å²) in [6.45, 7) is 4.64. The van der Waals surface area contributed by atoms with Crippen LogP contribution in [-0.2, 0) is 0 Å². The number of hydrogen-bond donors (Lipinski definition) is 0. The quantitative estimate of drug-likeness (QED) is 0.356. The molecule has 0 radical (unpaired) electrons. The molecule has 2 rings (SSSR count). The van der Waals surface area contributed by atoms with Crippen molar-refractivity contribution in [1.82, 2.24) is 0 Å². The molecular weight excluding hydrogens is 240 g/mol. The molecule has 0 heteroatoms. The Kier molecular flexibility index (Phi) is 7.17. The van der Waals surface area contributed by atoms with Crippen LogP contribution in [0.3, 0.4) is 0 Å². The van der Waals surface area contributed by atoms with Crippen molar-refractivity contribution in [2.24, 2.45) is 23.7 Å². The Morgan fingerprint density at radius 3 is 2.15 bits per heavy atom. The molecular formula is C20H36. The lowest BCUT2D eigenvalue weighted by Gasteiger charge is -2.35. The summed E-state index contributed by atoms with van der Waals surface area (Å²) in [5.41, 5.74) is 0. The van der Waals surface area contributed by atoms with Crippen molar-refractivity contribution in [1.29, 1.82) is 0 Å². The Morgan fingerprint density at radius 1 is 0.750 bits per heavy atom. The molecule has 0 aromatic heterocycles. The van der Waals surface area contributed by atoms with Gasteiger partial charge in [-0.05, 0) is 55.8 Å². The van der Waals surface area contributed by atoms with E-state index in [-0.39, 0.29) is 0 Å². The van der Waals surface area contributed by atoms with E-state index in [0.29, 0.717) is 0 Å². The Balaban J connectivity index is 1.68. The van der Waals surface area contributed by atoms with E-state index in [0.717, 1.165) is 23.7 Å². The molecule has 2 aliphatic carbocycles. The zero-order valence-corrected chi connectivity index (χ0v) is 13.9. The van der Waals surface area contributed by atoms with Crippen LogP contribution < -0.4 is 0 Å². The maximum atomic E-state index is 2.60. The predicted molar refractivity (Wildman–Crippen MR) is 89.9 cm³/mol. The number of rotatable bonds is 7. The lowest BCUT2D eigenvalue weighted by atomic mass is 9.71. The van der Waals surface area contributed by atoms with Gasteiger partial charge in [0.15, 0.2) is 0 Å². The molecule has 0 amide bonds. The van der Waals surface area contributed by atoms with Crippen molar-refractivity contribution in [2.45, 2.75) is 90.9 Å². The maximum absolute atomic E-state index is 2.60. The third-order valence-electron chi connectivity index (χ3n) is 5.87. The van der Waals surface area contributed by atoms with Crippen molar-refractivity contribution >= 4 is 0 Å². The summed E-state index contributed by atoms with van der Waals surface area (Å²) >= 11 is 0. The molecule has 2 aliphatic rings. The summed E-state index contributed by atoms with van der Waals surface area (Å²) in [7, 11) is 0. The minimum Gasteiger partial charge on any atom is -0.0851 e. The van der Waals surface area contributed by atoms with Crippen molar-refractivity contribution in [2.75, 3.05) is 0 Å². The summed E-state index contributed by atoms with van der Waals surface area (Å²) in [5, 5.41) is 0. The Morgan fingerprint density at radius 2 is 1.55 bits per heavy atom. The molecule has 2 atom stereocenters. The van der Waals surface area contributed by atoms with Crippen molar-refractivity contribution in [3.63, 3.8) is 0 Å². The highest BCUT2D eigenvalue weighted by molar-refractivity contribution is 5.00. The molecule has 1 saturated carbocycles. The van der Waals surface area contributed by atoms with Crippen molar-refractivity contribution in [3.05, 3.63) is 12.2 Å². The molecule has 0 aliphatic heterocycles. The van der Waals surface area contributed by atoms with Crippen LogP contribution in [0.5, 0.6) is 0 Å². The van der Waals surface area contributed by atoms with E-state index in [1.165, 1.54) is 77.0 Å². The molecule has 20 heavy (non-hydrogen) atoms. The highest BCUT2D eigenvalue weighted by Crippen LogP contribution is 2.40. The predicted octanol–water partition coefficient (Wildman–Crippen LogP) is 6.76. The van der Waals surface area contributed by atoms with Crippen molar-refractivity contribution < 1.29 is 0 Å². The van der Waals surface area contributed by atoms with E-state index >= 15 is 0 Å². The van der Waals surface area contributed by atoms with Gasteiger partial charge in [-0.1, -0.05) is 70.9 Å². The summed E-state index contributed by atoms with van der Waals surface area (Å²) < 4.78 is 0. The van der Waals surface area contributed by atoms with E-state index in [1.807, 2.05) is 0 Å². The van der Waals surface area contributed by atoms with Gasteiger partial charge < -0.3 is 0 Å². The van der Waals surface area contributed by atoms with E-state index in [4.69, 9.17) is 0 Å². The molecule has 0 aromatic rings. The average Bonchev–Trinajstić information content (AvgIpc) is 2.49. The van der Waals surface area contributed by atoms with Gasteiger partial charge in [0.1, 0.15) is 0 Å². The molecule has 0 N–H and O–H groups in total. The van der Waals surface area contributed by atoms with E-state index in [1.54, 1.807) is 0 Å². The zero-order valence-electron chi connectivity index (χ0n) is 13.9. The van der Waals surface area contributed by atoms with Crippen LogP contribution in [0, 0.1) is 23.7 Å². The third-order valence-corrected chi connectivity index (χ3v) is 5.87. The average molecular weight is 277 g/mol. The monoisotopic (exact) mass is 276 g/mol. The van der Waals surface area contributed by atoms with E-state index in [9.17, 15) is 0 Å². The number of unbranched alkanes of at least 4 members (excludes halogenated alkanes) is 2. The van der Waals surface area contributed by atoms with Crippen LogP contribution in [-0.4, -0.2) is 0 Å². The molecule has 0 nitrogen and oxygen atoms in total. The second-order valence-electron chi connectivity index (χ2n) is 7.45. The lowest BCUT2D eigenvalue weighted by Crippen LogP contribution is -2.23. The number of hydrogen-bond acceptors (Lipinski definition) is 0. The van der Waals surface area contributed by atoms with Gasteiger partial charge in [-0.3, -0.25) is 0 Å². The fourth-order valence-electron chi connectivity index (χ4n) is 4.49. The van der Waals surface area contributed by atoms with Gasteiger partial charge in [0, 0.05) is 0 Å². The minimum atomic E-state index is 0.904. The molecule has 0 bridgehead atoms. The van der Waals surface area contributed by atoms with Gasteiger partial charge in [-0.2, -0.15) is 0 Å². The van der Waals surface area contributed by atoms with Gasteiger partial charge in [-0.15, -0.1) is 0 Å². The Labute approximate surface area is 127 Å². The van der Waals surface area contributed by atoms with Crippen LogP contribution >= 0.6 is 0 Å². The molecule has 116 valence electrons. The standard InChI is InChI=1S/C20H36/c1-3-5-6-8-18-11-15-20(16-12-18)19-13-9-17(7-4-2)10-14-19/h9,13,17-20H,3-8,10-12,14-16H2,1-2H3. The summed E-state index contributed by atoms with van der Waals surface area (Å²) in [6.07, 6.45) is 22.8. The Hall–Kier alpha value is -0.260. The highest BCUT2D eigenvalue weighted by atomic mass is 14.3. The SMILES string of the molecule is CCCCCC1CCC(C2C=CC(CCC)CC2)CC1. The van der Waals surface area contributed by atoms with E-state index in [2.05, 4.69) is 26.0 Å². The Bertz CT molecular complexity index is 270. The van der Waals surface area contributed by atoms with Crippen LogP contribution in [0.2, 0.25) is 0 Å². The molecule has 2 unspecified atom stereocenters. The third kappa shape index (κ3) is 4.93. The molecule has 0 saturated heterocycles. The van der Waals surface area contributed by atoms with Crippen LogP contribution in [0.4, 0.5) is 0 Å². The van der Waals surface area contributed by atoms with Crippen LogP contribution in [0.25, 0.3) is 0 Å². The first-order valence-corrected chi connectivity index (χ1v) is 9.51. The minimum absolute atomic E-state index is 0.904. The van der Waals surface area contributed by atoms with Gasteiger partial charge >= 0.3 is 0 Å². The van der Waals surface area contributed by atoms with Gasteiger partial charge in [0.2, 0.25) is 0 Å². The smallest absolute Gasteiger partial charge is 0.0205 e. The normalized spacial score (nSPS) is 34.3. The number of allylic oxidation sites excluding steroid dienone is 2. The summed E-state index contributed by atoms with van der Waals surface area (Å²) in [4.78, 5) is 0. The van der Waals surface area contributed by atoms with E-state index < -0.39 is 0 Å². The first-order valence-electron chi connectivity index (χ1n) is 9.51. The first-order chi connectivity index (χ1) is 9.83. The molecule has 0 spiro atoms. The van der Waals surface area contributed by atoms with Gasteiger partial charge in [-0.25, -0.2) is 0 Å². The second kappa shape index (κ2) is 8.90. The molecule has 0 heterocycles. The summed E-state index contributed by atoms with van der Waals surface area (Å²) in [5.74, 6) is 3.93. The highest BCUT2D eigenvalue weighted by Gasteiger charge is 2.27. The van der Waals surface area contributed by atoms with Crippen molar-refractivity contribution in [3.8, 4) is 0 Å². The maximum Gasteiger partial charge on any atom is -0.0205 e. The molecule has 0 aromatic carbocycles. The van der Waals surface area contributed by atoms with Crippen LogP contribution in [0.15, 0.2) is 12.2 Å². The van der Waals surface area contributed by atoms with Crippen LogP contribution in [0.1, 0.15) is 90.9 Å². The van der Waals surface area contributed by atoms with Gasteiger partial charge in [0.05, 0.1) is 0 Å².